The topological polar surface area (TPSA) is 53.9 Å². The van der Waals surface area contributed by atoms with Crippen LogP contribution in [0.3, 0.4) is 0 Å². The average Bonchev–Trinajstić information content (AvgIpc) is 2.71. The molecule has 102 valence electrons. The predicted octanol–water partition coefficient (Wildman–Crippen LogP) is 2.49. The Morgan fingerprint density at radius 1 is 1.39 bits per heavy atom. The minimum absolute atomic E-state index is 0.0828. The molecule has 1 aromatic rings. The summed E-state index contributed by atoms with van der Waals surface area (Å²) in [6.45, 7) is 11.3. The van der Waals surface area contributed by atoms with Crippen LogP contribution in [0.2, 0.25) is 0 Å². The van der Waals surface area contributed by atoms with Crippen LogP contribution in [-0.2, 0) is 4.79 Å². The minimum atomic E-state index is -0.312. The second-order valence-electron chi connectivity index (χ2n) is 4.60. The van der Waals surface area contributed by atoms with Crippen LogP contribution in [0.1, 0.15) is 52.4 Å². The van der Waals surface area contributed by atoms with Gasteiger partial charge in [0.1, 0.15) is 11.9 Å². The van der Waals surface area contributed by atoms with E-state index in [1.54, 1.807) is 0 Å². The Hall–Kier alpha value is -1.17. The number of hydrogen-bond donors (Lipinski definition) is 1. The van der Waals surface area contributed by atoms with Crippen LogP contribution in [0.25, 0.3) is 0 Å². The van der Waals surface area contributed by atoms with Crippen LogP contribution in [-0.4, -0.2) is 38.7 Å². The van der Waals surface area contributed by atoms with E-state index in [4.69, 9.17) is 12.2 Å². The summed E-state index contributed by atoms with van der Waals surface area (Å²) in [5.74, 6) is 1.14. The van der Waals surface area contributed by atoms with Crippen molar-refractivity contribution in [2.24, 2.45) is 0 Å². The molecule has 1 N–H and O–H groups in total. The molecule has 0 aliphatic rings. The molecule has 18 heavy (non-hydrogen) atoms. The molecule has 0 aliphatic heterocycles. The fourth-order valence-electron chi connectivity index (χ4n) is 2.01. The van der Waals surface area contributed by atoms with E-state index in [2.05, 4.69) is 10.2 Å². The predicted molar refractivity (Wildman–Crippen MR) is 74.1 cm³/mol. The number of carbonyl (C=O) groups is 1. The molecule has 0 saturated carbocycles. The van der Waals surface area contributed by atoms with Gasteiger partial charge in [0.2, 0.25) is 5.91 Å². The lowest BCUT2D eigenvalue weighted by Gasteiger charge is -2.24. The van der Waals surface area contributed by atoms with E-state index >= 15 is 0 Å². The van der Waals surface area contributed by atoms with E-state index in [1.807, 2.05) is 44.1 Å². The zero-order valence-corrected chi connectivity index (χ0v) is 12.5. The fraction of sp³-hybridized carbons (Fsp3) is 0.750. The molecular formula is C12H22N4OS. The maximum absolute atomic E-state index is 12.3. The summed E-state index contributed by atoms with van der Waals surface area (Å²) in [7, 11) is 0. The monoisotopic (exact) mass is 270 g/mol. The van der Waals surface area contributed by atoms with Gasteiger partial charge < -0.3 is 4.90 Å². The molecule has 5 nitrogen and oxygen atoms in total. The van der Waals surface area contributed by atoms with E-state index in [0.29, 0.717) is 17.9 Å². The molecule has 0 spiro atoms. The number of likely N-dealkylation sites (N-methyl/N-ethyl adjacent to an activating group) is 1. The molecule has 0 fully saturated rings. The highest BCUT2D eigenvalue weighted by atomic mass is 32.1. The molecular weight excluding hydrogens is 248 g/mol. The van der Waals surface area contributed by atoms with Crippen molar-refractivity contribution in [1.29, 1.82) is 0 Å². The summed E-state index contributed by atoms with van der Waals surface area (Å²) >= 11 is 5.22. The first-order valence-corrected chi connectivity index (χ1v) is 6.80. The standard InChI is InChI=1S/C12H22N4OS/c1-6-15(7-2)11(17)9(5)16-10(8(3)4)13-14-12(16)18/h8-9H,6-7H2,1-5H3,(H,14,18). The molecule has 1 heterocycles. The van der Waals surface area contributed by atoms with Crippen molar-refractivity contribution in [3.05, 3.63) is 10.6 Å². The Bertz CT molecular complexity index is 459. The summed E-state index contributed by atoms with van der Waals surface area (Å²) < 4.78 is 2.33. The number of nitrogens with zero attached hydrogens (tertiary/aromatic N) is 3. The molecule has 6 heteroatoms. The second-order valence-corrected chi connectivity index (χ2v) is 4.98. The molecule has 0 bridgehead atoms. The Balaban J connectivity index is 3.10. The normalized spacial score (nSPS) is 12.8. The van der Waals surface area contributed by atoms with E-state index in [1.165, 1.54) is 0 Å². The SMILES string of the molecule is CCN(CC)C(=O)C(C)n1c(C(C)C)n[nH]c1=S. The van der Waals surface area contributed by atoms with Crippen molar-refractivity contribution < 1.29 is 4.79 Å². The van der Waals surface area contributed by atoms with Gasteiger partial charge in [0.25, 0.3) is 0 Å². The highest BCUT2D eigenvalue weighted by Crippen LogP contribution is 2.18. The van der Waals surface area contributed by atoms with E-state index in [-0.39, 0.29) is 17.9 Å². The molecule has 0 saturated heterocycles. The van der Waals surface area contributed by atoms with Crippen LogP contribution in [0.15, 0.2) is 0 Å². The highest BCUT2D eigenvalue weighted by molar-refractivity contribution is 7.71. The molecule has 1 unspecified atom stereocenters. The lowest BCUT2D eigenvalue weighted by molar-refractivity contribution is -0.134. The van der Waals surface area contributed by atoms with Crippen LogP contribution in [0, 0.1) is 4.77 Å². The first-order valence-electron chi connectivity index (χ1n) is 6.39. The Labute approximate surface area is 113 Å². The van der Waals surface area contributed by atoms with Gasteiger partial charge in [-0.25, -0.2) is 0 Å². The van der Waals surface area contributed by atoms with E-state index in [9.17, 15) is 4.79 Å². The number of hydrogen-bond acceptors (Lipinski definition) is 3. The van der Waals surface area contributed by atoms with Gasteiger partial charge in [-0.1, -0.05) is 13.8 Å². The van der Waals surface area contributed by atoms with E-state index < -0.39 is 0 Å². The van der Waals surface area contributed by atoms with Gasteiger partial charge in [-0.3, -0.25) is 14.5 Å². The smallest absolute Gasteiger partial charge is 0.245 e. The maximum atomic E-state index is 12.3. The quantitative estimate of drug-likeness (QED) is 0.836. The zero-order valence-electron chi connectivity index (χ0n) is 11.7. The zero-order chi connectivity index (χ0) is 13.9. The summed E-state index contributed by atoms with van der Waals surface area (Å²) in [6, 6.07) is -0.312. The van der Waals surface area contributed by atoms with Crippen LogP contribution in [0.4, 0.5) is 0 Å². The van der Waals surface area contributed by atoms with Crippen LogP contribution < -0.4 is 0 Å². The minimum Gasteiger partial charge on any atom is -0.341 e. The Kier molecular flexibility index (Phi) is 5.07. The van der Waals surface area contributed by atoms with E-state index in [0.717, 1.165) is 5.82 Å². The van der Waals surface area contributed by atoms with Gasteiger partial charge in [0.05, 0.1) is 0 Å². The fourth-order valence-corrected chi connectivity index (χ4v) is 2.31. The third-order valence-corrected chi connectivity index (χ3v) is 3.36. The molecule has 1 atom stereocenters. The first kappa shape index (κ1) is 14.9. The number of nitrogens with one attached hydrogen (secondary N) is 1. The van der Waals surface area contributed by atoms with Crippen molar-refractivity contribution in [1.82, 2.24) is 19.7 Å². The molecule has 0 aromatic carbocycles. The van der Waals surface area contributed by atoms with Gasteiger partial charge >= 0.3 is 0 Å². The number of amides is 1. The maximum Gasteiger partial charge on any atom is 0.245 e. The average molecular weight is 270 g/mol. The number of H-pyrrole nitrogens is 1. The molecule has 1 rings (SSSR count). The number of rotatable bonds is 5. The third kappa shape index (κ3) is 2.80. The third-order valence-electron chi connectivity index (χ3n) is 3.07. The second kappa shape index (κ2) is 6.13. The summed E-state index contributed by atoms with van der Waals surface area (Å²) in [6.07, 6.45) is 0. The molecule has 0 radical (unpaired) electrons. The molecule has 0 aliphatic carbocycles. The number of carbonyl (C=O) groups excluding carboxylic acids is 1. The van der Waals surface area contributed by atoms with Crippen molar-refractivity contribution in [2.45, 2.75) is 46.6 Å². The molecule has 1 amide bonds. The first-order chi connectivity index (χ1) is 8.43. The lowest BCUT2D eigenvalue weighted by atomic mass is 10.2. The number of aromatic amines is 1. The van der Waals surface area contributed by atoms with Gasteiger partial charge in [-0.05, 0) is 33.0 Å². The van der Waals surface area contributed by atoms with Crippen molar-refractivity contribution in [3.8, 4) is 0 Å². The van der Waals surface area contributed by atoms with Crippen molar-refractivity contribution in [3.63, 3.8) is 0 Å². The van der Waals surface area contributed by atoms with Gasteiger partial charge in [0.15, 0.2) is 4.77 Å². The van der Waals surface area contributed by atoms with Gasteiger partial charge in [-0.2, -0.15) is 5.10 Å². The van der Waals surface area contributed by atoms with Crippen LogP contribution in [0.5, 0.6) is 0 Å². The van der Waals surface area contributed by atoms with Gasteiger partial charge in [-0.15, -0.1) is 0 Å². The van der Waals surface area contributed by atoms with Crippen molar-refractivity contribution >= 4 is 18.1 Å². The lowest BCUT2D eigenvalue weighted by Crippen LogP contribution is -2.36. The Morgan fingerprint density at radius 3 is 2.39 bits per heavy atom. The summed E-state index contributed by atoms with van der Waals surface area (Å²) in [4.78, 5) is 14.2. The van der Waals surface area contributed by atoms with Gasteiger partial charge in [0, 0.05) is 19.0 Å². The molecule has 1 aromatic heterocycles. The number of aromatic nitrogens is 3. The highest BCUT2D eigenvalue weighted by Gasteiger charge is 2.24. The van der Waals surface area contributed by atoms with Crippen LogP contribution >= 0.6 is 12.2 Å². The van der Waals surface area contributed by atoms with Crippen molar-refractivity contribution in [2.75, 3.05) is 13.1 Å². The largest absolute Gasteiger partial charge is 0.341 e. The Morgan fingerprint density at radius 2 is 1.94 bits per heavy atom. The summed E-state index contributed by atoms with van der Waals surface area (Å²) in [5.41, 5.74) is 0. The summed E-state index contributed by atoms with van der Waals surface area (Å²) in [5, 5.41) is 6.98.